The highest BCUT2D eigenvalue weighted by Gasteiger charge is 2.17. The lowest BCUT2D eigenvalue weighted by Gasteiger charge is -2.07. The van der Waals surface area contributed by atoms with Crippen LogP contribution < -0.4 is 5.32 Å². The molecule has 0 radical (unpaired) electrons. The molecule has 0 aliphatic rings. The van der Waals surface area contributed by atoms with Gasteiger partial charge >= 0.3 is 0 Å². The molecule has 1 heterocycles. The average Bonchev–Trinajstić information content (AvgIpc) is 2.93. The van der Waals surface area contributed by atoms with Gasteiger partial charge in [0.15, 0.2) is 5.76 Å². The van der Waals surface area contributed by atoms with Crippen LogP contribution in [0.3, 0.4) is 0 Å². The van der Waals surface area contributed by atoms with Gasteiger partial charge in [0.05, 0.1) is 18.0 Å². The first-order valence-electron chi connectivity index (χ1n) is 6.19. The molecule has 1 atom stereocenters. The number of rotatable bonds is 5. The Kier molecular flexibility index (Phi) is 5.01. The van der Waals surface area contributed by atoms with E-state index in [9.17, 15) is 9.18 Å². The van der Waals surface area contributed by atoms with Crippen LogP contribution in [0.2, 0.25) is 0 Å². The van der Waals surface area contributed by atoms with Crippen LogP contribution in [-0.4, -0.2) is 22.7 Å². The summed E-state index contributed by atoms with van der Waals surface area (Å²) in [6, 6.07) is 5.90. The van der Waals surface area contributed by atoms with Gasteiger partial charge in [-0.2, -0.15) is 0 Å². The molecule has 4 nitrogen and oxygen atoms in total. The van der Waals surface area contributed by atoms with Crippen LogP contribution in [0.4, 0.5) is 4.39 Å². The van der Waals surface area contributed by atoms with E-state index in [4.69, 9.17) is 10.8 Å². The van der Waals surface area contributed by atoms with Crippen LogP contribution >= 0.6 is 11.8 Å². The predicted octanol–water partition coefficient (Wildman–Crippen LogP) is 2.71. The maximum Gasteiger partial charge on any atom is 0.256 e. The molecule has 0 aliphatic carbocycles. The maximum atomic E-state index is 12.9. The van der Waals surface area contributed by atoms with Crippen molar-refractivity contribution < 1.29 is 13.6 Å². The number of aromatic nitrogens is 1. The topological polar surface area (TPSA) is 55.1 Å². The summed E-state index contributed by atoms with van der Waals surface area (Å²) in [5.74, 6) is 2.36. The number of hydrogen-bond donors (Lipinski definition) is 1. The Morgan fingerprint density at radius 2 is 2.24 bits per heavy atom. The first-order valence-corrected chi connectivity index (χ1v) is 7.07. The van der Waals surface area contributed by atoms with Crippen LogP contribution in [0, 0.1) is 18.2 Å². The lowest BCUT2D eigenvalue weighted by atomic mass is 10.2. The highest BCUT2D eigenvalue weighted by Crippen LogP contribution is 2.28. The molecule has 1 unspecified atom stereocenters. The zero-order valence-electron chi connectivity index (χ0n) is 11.3. The van der Waals surface area contributed by atoms with Crippen molar-refractivity contribution in [1.29, 1.82) is 0 Å². The van der Waals surface area contributed by atoms with Gasteiger partial charge in [0, 0.05) is 5.56 Å². The van der Waals surface area contributed by atoms with Gasteiger partial charge < -0.3 is 9.73 Å². The molecule has 2 rings (SSSR count). The van der Waals surface area contributed by atoms with E-state index < -0.39 is 0 Å². The summed E-state index contributed by atoms with van der Waals surface area (Å²) in [6.07, 6.45) is 6.62. The quantitative estimate of drug-likeness (QED) is 0.681. The fourth-order valence-corrected chi connectivity index (χ4v) is 2.29. The Labute approximate surface area is 126 Å². The highest BCUT2D eigenvalue weighted by atomic mass is 32.2. The molecule has 0 fully saturated rings. The number of thioether (sulfide) groups is 1. The summed E-state index contributed by atoms with van der Waals surface area (Å²) in [5, 5.41) is 2.59. The molecule has 2 aromatic rings. The van der Waals surface area contributed by atoms with Gasteiger partial charge in [0.2, 0.25) is 5.91 Å². The second-order valence-electron chi connectivity index (χ2n) is 4.18. The van der Waals surface area contributed by atoms with Crippen LogP contribution in [-0.2, 0) is 4.79 Å². The van der Waals surface area contributed by atoms with Gasteiger partial charge in [-0.25, -0.2) is 9.37 Å². The molecule has 108 valence electrons. The third-order valence-corrected chi connectivity index (χ3v) is 3.58. The number of benzene rings is 1. The fourth-order valence-electron chi connectivity index (χ4n) is 1.55. The molecular formula is C15H13FN2O2S. The highest BCUT2D eigenvalue weighted by molar-refractivity contribution is 8.00. The van der Waals surface area contributed by atoms with Gasteiger partial charge in [0.1, 0.15) is 5.82 Å². The Morgan fingerprint density at radius 3 is 2.90 bits per heavy atom. The standard InChI is InChI=1S/C15H13FN2O2S/c1-3-8-17-14(19)10(2)21-15-18-9-13(20-15)11-4-6-12(16)7-5-11/h1,4-7,9-10H,8H2,2H3,(H,17,19). The summed E-state index contributed by atoms with van der Waals surface area (Å²) in [6.45, 7) is 1.93. The van der Waals surface area contributed by atoms with Crippen molar-refractivity contribution in [2.45, 2.75) is 17.4 Å². The van der Waals surface area contributed by atoms with Crippen molar-refractivity contribution in [3.63, 3.8) is 0 Å². The van der Waals surface area contributed by atoms with Crippen LogP contribution in [0.1, 0.15) is 6.92 Å². The van der Waals surface area contributed by atoms with E-state index in [1.807, 2.05) is 0 Å². The van der Waals surface area contributed by atoms with Crippen LogP contribution in [0.25, 0.3) is 11.3 Å². The second-order valence-corrected chi connectivity index (χ2v) is 5.47. The number of oxazole rings is 1. The summed E-state index contributed by atoms with van der Waals surface area (Å²) in [5.41, 5.74) is 0.722. The Balaban J connectivity index is 2.02. The van der Waals surface area contributed by atoms with Crippen molar-refractivity contribution in [2.75, 3.05) is 6.54 Å². The number of carbonyl (C=O) groups excluding carboxylic acids is 1. The van der Waals surface area contributed by atoms with E-state index in [0.29, 0.717) is 11.0 Å². The lowest BCUT2D eigenvalue weighted by Crippen LogP contribution is -2.31. The van der Waals surface area contributed by atoms with Crippen molar-refractivity contribution in [3.8, 4) is 23.7 Å². The molecule has 1 aromatic heterocycles. The number of halogens is 1. The molecule has 0 saturated carbocycles. The predicted molar refractivity (Wildman–Crippen MR) is 79.1 cm³/mol. The van der Waals surface area contributed by atoms with E-state index in [-0.39, 0.29) is 23.5 Å². The van der Waals surface area contributed by atoms with Crippen LogP contribution in [0.5, 0.6) is 0 Å². The molecule has 0 aliphatic heterocycles. The van der Waals surface area contributed by atoms with Crippen LogP contribution in [0.15, 0.2) is 40.1 Å². The van der Waals surface area contributed by atoms with Gasteiger partial charge in [-0.05, 0) is 31.2 Å². The van der Waals surface area contributed by atoms with E-state index >= 15 is 0 Å². The molecule has 0 saturated heterocycles. The third-order valence-electron chi connectivity index (χ3n) is 2.62. The van der Waals surface area contributed by atoms with Gasteiger partial charge in [0.25, 0.3) is 5.22 Å². The number of hydrogen-bond acceptors (Lipinski definition) is 4. The Bertz CT molecular complexity index is 661. The monoisotopic (exact) mass is 304 g/mol. The number of carbonyl (C=O) groups is 1. The SMILES string of the molecule is C#CCNC(=O)C(C)Sc1ncc(-c2ccc(F)cc2)o1. The Morgan fingerprint density at radius 1 is 1.52 bits per heavy atom. The number of nitrogens with one attached hydrogen (secondary N) is 1. The van der Waals surface area contributed by atoms with E-state index in [1.165, 1.54) is 23.9 Å². The number of amides is 1. The third kappa shape index (κ3) is 4.10. The minimum atomic E-state index is -0.377. The smallest absolute Gasteiger partial charge is 0.256 e. The molecule has 21 heavy (non-hydrogen) atoms. The van der Waals surface area contributed by atoms with E-state index in [1.54, 1.807) is 25.3 Å². The minimum absolute atomic E-state index is 0.181. The first kappa shape index (κ1) is 15.1. The maximum absolute atomic E-state index is 12.9. The minimum Gasteiger partial charge on any atom is -0.431 e. The van der Waals surface area contributed by atoms with Crippen molar-refractivity contribution in [2.24, 2.45) is 0 Å². The molecule has 6 heteroatoms. The molecular weight excluding hydrogens is 291 g/mol. The summed E-state index contributed by atoms with van der Waals surface area (Å²) >= 11 is 1.19. The summed E-state index contributed by atoms with van der Waals surface area (Å²) in [7, 11) is 0. The zero-order chi connectivity index (χ0) is 15.2. The molecule has 0 bridgehead atoms. The van der Waals surface area contributed by atoms with Gasteiger partial charge in [-0.3, -0.25) is 4.79 Å². The molecule has 1 amide bonds. The van der Waals surface area contributed by atoms with Crippen molar-refractivity contribution >= 4 is 17.7 Å². The fraction of sp³-hybridized carbons (Fsp3) is 0.200. The van der Waals surface area contributed by atoms with E-state index in [0.717, 1.165) is 5.56 Å². The lowest BCUT2D eigenvalue weighted by molar-refractivity contribution is -0.120. The normalized spacial score (nSPS) is 11.7. The number of nitrogens with zero attached hydrogens (tertiary/aromatic N) is 1. The molecule has 1 aromatic carbocycles. The second kappa shape index (κ2) is 6.95. The first-order chi connectivity index (χ1) is 10.1. The summed E-state index contributed by atoms with van der Waals surface area (Å²) < 4.78 is 18.4. The molecule has 0 spiro atoms. The van der Waals surface area contributed by atoms with E-state index in [2.05, 4.69) is 16.2 Å². The Hall–Kier alpha value is -2.26. The van der Waals surface area contributed by atoms with Crippen molar-refractivity contribution in [1.82, 2.24) is 10.3 Å². The van der Waals surface area contributed by atoms with Gasteiger partial charge in [-0.1, -0.05) is 17.7 Å². The summed E-state index contributed by atoms with van der Waals surface area (Å²) in [4.78, 5) is 15.8. The van der Waals surface area contributed by atoms with Gasteiger partial charge in [-0.15, -0.1) is 6.42 Å². The zero-order valence-corrected chi connectivity index (χ0v) is 12.1. The van der Waals surface area contributed by atoms with Crippen molar-refractivity contribution in [3.05, 3.63) is 36.3 Å². The number of terminal acetylenes is 1. The average molecular weight is 304 g/mol. The largest absolute Gasteiger partial charge is 0.431 e. The molecule has 1 N–H and O–H groups in total.